The van der Waals surface area contributed by atoms with Crippen molar-refractivity contribution >= 4 is 26.8 Å². The molecule has 1 aliphatic rings. The number of halogens is 1. The van der Waals surface area contributed by atoms with E-state index in [0.29, 0.717) is 22.5 Å². The first-order valence-electron chi connectivity index (χ1n) is 12.3. The van der Waals surface area contributed by atoms with Gasteiger partial charge >= 0.3 is 0 Å². The molecule has 1 saturated heterocycles. The number of rotatable bonds is 7. The van der Waals surface area contributed by atoms with E-state index >= 15 is 0 Å². The van der Waals surface area contributed by atoms with Crippen LogP contribution in [0.15, 0.2) is 48.0 Å². The maximum Gasteiger partial charge on any atom is 0.242 e. The van der Waals surface area contributed by atoms with Crippen molar-refractivity contribution in [2.24, 2.45) is 7.05 Å². The van der Waals surface area contributed by atoms with Crippen molar-refractivity contribution in [2.75, 3.05) is 24.2 Å². The minimum atomic E-state index is -3.51. The standard InChI is InChI=1S/C26H29FN6O3S/c1-4-5-17-13-28-26(29-14-17)33-10-8-18(9-11-33)36-25-24-23(30-16-31-25)21(15-32(24)2)20-7-6-19(12-22(20)27)37(3,34)35/h6-7,12-16,18H,4-5,8-11H2,1-3H3. The van der Waals surface area contributed by atoms with Crippen LogP contribution in [-0.4, -0.2) is 58.4 Å². The molecule has 0 unspecified atom stereocenters. The van der Waals surface area contributed by atoms with Crippen LogP contribution < -0.4 is 9.64 Å². The van der Waals surface area contributed by atoms with E-state index in [0.717, 1.165) is 62.6 Å². The molecule has 9 nitrogen and oxygen atoms in total. The second-order valence-electron chi connectivity index (χ2n) is 9.39. The highest BCUT2D eigenvalue weighted by Crippen LogP contribution is 2.35. The van der Waals surface area contributed by atoms with E-state index in [1.54, 1.807) is 6.20 Å². The Balaban J connectivity index is 1.34. The van der Waals surface area contributed by atoms with Gasteiger partial charge in [0.2, 0.25) is 11.8 Å². The number of aryl methyl sites for hydroxylation is 2. The molecule has 0 amide bonds. The number of hydrogen-bond acceptors (Lipinski definition) is 8. The number of benzene rings is 1. The van der Waals surface area contributed by atoms with Gasteiger partial charge in [0.1, 0.15) is 29.3 Å². The molecular formula is C26H29FN6O3S. The van der Waals surface area contributed by atoms with Gasteiger partial charge in [-0.25, -0.2) is 27.8 Å². The van der Waals surface area contributed by atoms with Crippen LogP contribution in [0.5, 0.6) is 5.88 Å². The highest BCUT2D eigenvalue weighted by atomic mass is 32.2. The summed E-state index contributed by atoms with van der Waals surface area (Å²) < 4.78 is 46.7. The normalized spacial score (nSPS) is 14.9. The molecule has 11 heteroatoms. The molecule has 0 spiro atoms. The summed E-state index contributed by atoms with van der Waals surface area (Å²) in [6, 6.07) is 3.91. The molecule has 1 aliphatic heterocycles. The third-order valence-corrected chi connectivity index (χ3v) is 7.72. The van der Waals surface area contributed by atoms with E-state index in [4.69, 9.17) is 4.74 Å². The lowest BCUT2D eigenvalue weighted by atomic mass is 10.1. The molecule has 0 bridgehead atoms. The number of sulfone groups is 1. The van der Waals surface area contributed by atoms with Gasteiger partial charge in [0.05, 0.1) is 4.90 Å². The predicted molar refractivity (Wildman–Crippen MR) is 139 cm³/mol. The Morgan fingerprint density at radius 3 is 2.46 bits per heavy atom. The lowest BCUT2D eigenvalue weighted by Crippen LogP contribution is -2.39. The third kappa shape index (κ3) is 5.13. The first kappa shape index (κ1) is 25.1. The van der Waals surface area contributed by atoms with Gasteiger partial charge < -0.3 is 14.2 Å². The summed E-state index contributed by atoms with van der Waals surface area (Å²) in [6.45, 7) is 3.67. The van der Waals surface area contributed by atoms with E-state index in [2.05, 4.69) is 31.8 Å². The average molecular weight is 525 g/mol. The number of piperidine rings is 1. The van der Waals surface area contributed by atoms with Crippen molar-refractivity contribution in [1.29, 1.82) is 0 Å². The van der Waals surface area contributed by atoms with Gasteiger partial charge in [0.15, 0.2) is 9.84 Å². The Morgan fingerprint density at radius 2 is 1.81 bits per heavy atom. The van der Waals surface area contributed by atoms with Gasteiger partial charge in [0.25, 0.3) is 0 Å². The molecule has 1 fully saturated rings. The molecule has 3 aromatic heterocycles. The molecule has 0 atom stereocenters. The Morgan fingerprint density at radius 1 is 1.08 bits per heavy atom. The summed E-state index contributed by atoms with van der Waals surface area (Å²) in [6.07, 6.45) is 11.6. The third-order valence-electron chi connectivity index (χ3n) is 6.61. The average Bonchev–Trinajstić information content (AvgIpc) is 3.22. The maximum absolute atomic E-state index is 15.0. The molecule has 0 radical (unpaired) electrons. The fourth-order valence-electron chi connectivity index (χ4n) is 4.69. The lowest BCUT2D eigenvalue weighted by Gasteiger charge is -2.32. The van der Waals surface area contributed by atoms with Gasteiger partial charge in [-0.1, -0.05) is 19.4 Å². The Bertz CT molecular complexity index is 1530. The van der Waals surface area contributed by atoms with Gasteiger partial charge in [-0.15, -0.1) is 0 Å². The minimum Gasteiger partial charge on any atom is -0.473 e. The van der Waals surface area contributed by atoms with E-state index in [1.165, 1.54) is 18.5 Å². The van der Waals surface area contributed by atoms with Crippen molar-refractivity contribution < 1.29 is 17.5 Å². The predicted octanol–water partition coefficient (Wildman–Crippen LogP) is 3.97. The van der Waals surface area contributed by atoms with Crippen LogP contribution in [0, 0.1) is 5.82 Å². The second-order valence-corrected chi connectivity index (χ2v) is 11.4. The number of nitrogens with zero attached hydrogens (tertiary/aromatic N) is 6. The second kappa shape index (κ2) is 10.0. The Labute approximate surface area is 215 Å². The zero-order valence-corrected chi connectivity index (χ0v) is 21.9. The highest BCUT2D eigenvalue weighted by molar-refractivity contribution is 7.90. The van der Waals surface area contributed by atoms with Crippen LogP contribution in [-0.2, 0) is 23.3 Å². The number of anilines is 1. The molecule has 0 N–H and O–H groups in total. The monoisotopic (exact) mass is 524 g/mol. The summed E-state index contributed by atoms with van der Waals surface area (Å²) in [5, 5.41) is 0. The van der Waals surface area contributed by atoms with Crippen LogP contribution in [0.25, 0.3) is 22.2 Å². The molecule has 4 aromatic rings. The fraction of sp³-hybridized carbons (Fsp3) is 0.385. The molecule has 37 heavy (non-hydrogen) atoms. The van der Waals surface area contributed by atoms with Crippen molar-refractivity contribution in [1.82, 2.24) is 24.5 Å². The highest BCUT2D eigenvalue weighted by Gasteiger charge is 2.25. The molecule has 5 rings (SSSR count). The van der Waals surface area contributed by atoms with Gasteiger partial charge in [0, 0.05) is 69.0 Å². The van der Waals surface area contributed by atoms with E-state index in [1.807, 2.05) is 24.0 Å². The summed E-state index contributed by atoms with van der Waals surface area (Å²) in [7, 11) is -1.69. The number of ether oxygens (including phenoxy) is 1. The molecule has 194 valence electrons. The smallest absolute Gasteiger partial charge is 0.242 e. The summed E-state index contributed by atoms with van der Waals surface area (Å²) in [5.41, 5.74) is 3.14. The Kier molecular flexibility index (Phi) is 6.80. The van der Waals surface area contributed by atoms with Crippen molar-refractivity contribution in [3.8, 4) is 17.0 Å². The van der Waals surface area contributed by atoms with Crippen molar-refractivity contribution in [3.63, 3.8) is 0 Å². The fourth-order valence-corrected chi connectivity index (χ4v) is 5.32. The summed E-state index contributed by atoms with van der Waals surface area (Å²) >= 11 is 0. The quantitative estimate of drug-likeness (QED) is 0.358. The molecule has 0 saturated carbocycles. The largest absolute Gasteiger partial charge is 0.473 e. The first-order valence-corrected chi connectivity index (χ1v) is 14.2. The Hall–Kier alpha value is -3.60. The van der Waals surface area contributed by atoms with Crippen LogP contribution in [0.1, 0.15) is 31.7 Å². The van der Waals surface area contributed by atoms with E-state index < -0.39 is 15.7 Å². The SMILES string of the molecule is CCCc1cnc(N2CCC(Oc3ncnc4c(-c5ccc(S(C)(=O)=O)cc5F)cn(C)c34)CC2)nc1. The topological polar surface area (TPSA) is 103 Å². The van der Waals surface area contributed by atoms with Crippen molar-refractivity contribution in [3.05, 3.63) is 54.5 Å². The van der Waals surface area contributed by atoms with Gasteiger partial charge in [-0.05, 0) is 24.1 Å². The van der Waals surface area contributed by atoms with Crippen LogP contribution in [0.3, 0.4) is 0 Å². The van der Waals surface area contributed by atoms with Crippen LogP contribution in [0.2, 0.25) is 0 Å². The zero-order chi connectivity index (χ0) is 26.2. The lowest BCUT2D eigenvalue weighted by molar-refractivity contribution is 0.165. The van der Waals surface area contributed by atoms with Crippen LogP contribution in [0.4, 0.5) is 10.3 Å². The number of hydrogen-bond donors (Lipinski definition) is 0. The van der Waals surface area contributed by atoms with Crippen LogP contribution >= 0.6 is 0 Å². The summed E-state index contributed by atoms with van der Waals surface area (Å²) in [5.74, 6) is 0.540. The number of aromatic nitrogens is 5. The van der Waals surface area contributed by atoms with Gasteiger partial charge in [-0.3, -0.25) is 0 Å². The minimum absolute atomic E-state index is 0.0437. The maximum atomic E-state index is 15.0. The number of fused-ring (bicyclic) bond motifs is 1. The molecular weight excluding hydrogens is 495 g/mol. The molecule has 1 aromatic carbocycles. The summed E-state index contributed by atoms with van der Waals surface area (Å²) in [4.78, 5) is 19.9. The first-order chi connectivity index (χ1) is 17.7. The van der Waals surface area contributed by atoms with Gasteiger partial charge in [-0.2, -0.15) is 4.98 Å². The van der Waals surface area contributed by atoms with E-state index in [9.17, 15) is 12.8 Å². The molecule has 0 aliphatic carbocycles. The molecule has 4 heterocycles. The van der Waals surface area contributed by atoms with Crippen molar-refractivity contribution in [2.45, 2.75) is 43.6 Å². The van der Waals surface area contributed by atoms with E-state index in [-0.39, 0.29) is 16.6 Å². The zero-order valence-electron chi connectivity index (χ0n) is 21.1.